The van der Waals surface area contributed by atoms with E-state index in [0.29, 0.717) is 6.42 Å². The molecule has 0 radical (unpaired) electrons. The molecular formula is C26H48O11. The van der Waals surface area contributed by atoms with Gasteiger partial charge in [-0.2, -0.15) is 0 Å². The second-order valence-corrected chi connectivity index (χ2v) is 9.68. The van der Waals surface area contributed by atoms with Crippen LogP contribution in [0.25, 0.3) is 0 Å². The van der Waals surface area contributed by atoms with Gasteiger partial charge in [-0.1, -0.05) is 71.1 Å². The van der Waals surface area contributed by atoms with E-state index in [9.17, 15) is 30.0 Å². The molecule has 1 rings (SSSR count). The number of aliphatic hydroxyl groups is 5. The third-order valence-corrected chi connectivity index (χ3v) is 6.41. The van der Waals surface area contributed by atoms with Gasteiger partial charge in [0.2, 0.25) is 0 Å². The minimum absolute atomic E-state index is 0.116. The standard InChI is InChI=1S/C26H48O11/c1-3-4-5-6-7-8-9-10-11-12-13-14-22(32)37-24-23(33)21(16-28)36-26(25(24)35-18(2)29)34-17-20(31)19(30)15-27/h19-21,23-28,30-31,33H,3-17H2,1-2H3/t19-,20+,21-,23-,24+,25+,26-/m1/s1. The molecule has 1 fully saturated rings. The fourth-order valence-corrected chi connectivity index (χ4v) is 4.20. The van der Waals surface area contributed by atoms with Gasteiger partial charge in [0.15, 0.2) is 18.5 Å². The van der Waals surface area contributed by atoms with Crippen LogP contribution >= 0.6 is 0 Å². The van der Waals surface area contributed by atoms with Crippen molar-refractivity contribution in [3.63, 3.8) is 0 Å². The zero-order valence-corrected chi connectivity index (χ0v) is 22.3. The van der Waals surface area contributed by atoms with E-state index in [1.165, 1.54) is 44.9 Å². The second kappa shape index (κ2) is 19.7. The molecule has 0 bridgehead atoms. The first-order valence-corrected chi connectivity index (χ1v) is 13.6. The molecule has 218 valence electrons. The molecule has 0 aromatic carbocycles. The van der Waals surface area contributed by atoms with E-state index in [1.807, 2.05) is 0 Å². The Morgan fingerprint density at radius 3 is 1.92 bits per heavy atom. The molecule has 0 aromatic heterocycles. The number of unbranched alkanes of at least 4 members (excludes halogenated alkanes) is 10. The van der Waals surface area contributed by atoms with E-state index in [4.69, 9.17) is 24.1 Å². The lowest BCUT2D eigenvalue weighted by Crippen LogP contribution is -2.62. The monoisotopic (exact) mass is 536 g/mol. The SMILES string of the molecule is CCCCCCCCCCCCCC(=O)O[C@H]1[C@H](O)[C@@H](CO)O[C@@H](OC[C@H](O)[C@H](O)CO)[C@H]1OC(C)=O. The van der Waals surface area contributed by atoms with Gasteiger partial charge in [-0.3, -0.25) is 9.59 Å². The van der Waals surface area contributed by atoms with Crippen molar-refractivity contribution >= 4 is 11.9 Å². The van der Waals surface area contributed by atoms with Crippen LogP contribution in [0.5, 0.6) is 0 Å². The highest BCUT2D eigenvalue weighted by Crippen LogP contribution is 2.28. The minimum Gasteiger partial charge on any atom is -0.455 e. The molecule has 0 aromatic rings. The number of rotatable bonds is 20. The van der Waals surface area contributed by atoms with Crippen LogP contribution in [-0.4, -0.2) is 100 Å². The molecule has 0 amide bonds. The van der Waals surface area contributed by atoms with Crippen LogP contribution in [0, 0.1) is 0 Å². The van der Waals surface area contributed by atoms with Crippen molar-refractivity contribution in [3.8, 4) is 0 Å². The zero-order valence-electron chi connectivity index (χ0n) is 22.3. The second-order valence-electron chi connectivity index (χ2n) is 9.68. The smallest absolute Gasteiger partial charge is 0.306 e. The molecule has 0 saturated carbocycles. The largest absolute Gasteiger partial charge is 0.455 e. The van der Waals surface area contributed by atoms with Crippen LogP contribution in [0.15, 0.2) is 0 Å². The number of carbonyl (C=O) groups excluding carboxylic acids is 2. The number of hydrogen-bond acceptors (Lipinski definition) is 11. The van der Waals surface area contributed by atoms with Crippen molar-refractivity contribution in [1.82, 2.24) is 0 Å². The molecule has 1 aliphatic heterocycles. The summed E-state index contributed by atoms with van der Waals surface area (Å²) < 4.78 is 21.5. The molecule has 1 aliphatic rings. The number of ether oxygens (including phenoxy) is 4. The molecule has 0 spiro atoms. The number of hydrogen-bond donors (Lipinski definition) is 5. The highest BCUT2D eigenvalue weighted by Gasteiger charge is 2.50. The predicted octanol–water partition coefficient (Wildman–Crippen LogP) is 1.34. The van der Waals surface area contributed by atoms with Crippen molar-refractivity contribution in [2.75, 3.05) is 19.8 Å². The Kier molecular flexibility index (Phi) is 17.9. The third-order valence-electron chi connectivity index (χ3n) is 6.41. The zero-order chi connectivity index (χ0) is 27.6. The van der Waals surface area contributed by atoms with Crippen molar-refractivity contribution in [1.29, 1.82) is 0 Å². The maximum Gasteiger partial charge on any atom is 0.306 e. The van der Waals surface area contributed by atoms with Crippen LogP contribution in [0.4, 0.5) is 0 Å². The fraction of sp³-hybridized carbons (Fsp3) is 0.923. The van der Waals surface area contributed by atoms with E-state index in [-0.39, 0.29) is 6.42 Å². The molecule has 0 aliphatic carbocycles. The van der Waals surface area contributed by atoms with Crippen LogP contribution in [0.2, 0.25) is 0 Å². The van der Waals surface area contributed by atoms with Crippen molar-refractivity contribution in [2.45, 2.75) is 134 Å². The van der Waals surface area contributed by atoms with Crippen LogP contribution in [0.1, 0.15) is 90.9 Å². The summed E-state index contributed by atoms with van der Waals surface area (Å²) in [4.78, 5) is 24.2. The molecular weight excluding hydrogens is 488 g/mol. The Morgan fingerprint density at radius 2 is 1.41 bits per heavy atom. The predicted molar refractivity (Wildman–Crippen MR) is 133 cm³/mol. The maximum atomic E-state index is 12.5. The summed E-state index contributed by atoms with van der Waals surface area (Å²) in [6, 6.07) is 0. The summed E-state index contributed by atoms with van der Waals surface area (Å²) in [6.07, 6.45) is 2.72. The van der Waals surface area contributed by atoms with Gasteiger partial charge in [0.05, 0.1) is 19.8 Å². The van der Waals surface area contributed by atoms with Gasteiger partial charge in [0.25, 0.3) is 0 Å². The first kappa shape index (κ1) is 33.7. The minimum atomic E-state index is -1.50. The highest BCUT2D eigenvalue weighted by atomic mass is 16.7. The highest BCUT2D eigenvalue weighted by molar-refractivity contribution is 5.70. The Morgan fingerprint density at radius 1 is 0.838 bits per heavy atom. The first-order chi connectivity index (χ1) is 17.7. The molecule has 0 unspecified atom stereocenters. The van der Waals surface area contributed by atoms with Crippen molar-refractivity contribution in [2.24, 2.45) is 0 Å². The quantitative estimate of drug-likeness (QED) is 0.112. The van der Waals surface area contributed by atoms with Gasteiger partial charge >= 0.3 is 11.9 Å². The number of esters is 2. The van der Waals surface area contributed by atoms with E-state index >= 15 is 0 Å². The van der Waals surface area contributed by atoms with E-state index < -0.39 is 74.7 Å². The van der Waals surface area contributed by atoms with E-state index in [0.717, 1.165) is 26.2 Å². The summed E-state index contributed by atoms with van der Waals surface area (Å²) in [5, 5.41) is 48.6. The fourth-order valence-electron chi connectivity index (χ4n) is 4.20. The molecule has 37 heavy (non-hydrogen) atoms. The average molecular weight is 537 g/mol. The summed E-state index contributed by atoms with van der Waals surface area (Å²) in [6.45, 7) is 1.47. The van der Waals surface area contributed by atoms with Gasteiger partial charge in [-0.25, -0.2) is 0 Å². The number of carbonyl (C=O) groups is 2. The maximum absolute atomic E-state index is 12.5. The molecule has 1 saturated heterocycles. The van der Waals surface area contributed by atoms with Gasteiger partial charge in [0, 0.05) is 13.3 Å². The van der Waals surface area contributed by atoms with Crippen molar-refractivity contribution < 1.29 is 54.1 Å². The normalized spacial score (nSPS) is 25.4. The first-order valence-electron chi connectivity index (χ1n) is 13.6. The third kappa shape index (κ3) is 13.3. The summed E-state index contributed by atoms with van der Waals surface area (Å²) in [7, 11) is 0. The van der Waals surface area contributed by atoms with Gasteiger partial charge < -0.3 is 44.5 Å². The lowest BCUT2D eigenvalue weighted by Gasteiger charge is -2.42. The van der Waals surface area contributed by atoms with Crippen molar-refractivity contribution in [3.05, 3.63) is 0 Å². The summed E-state index contributed by atoms with van der Waals surface area (Å²) in [5.74, 6) is -1.34. The van der Waals surface area contributed by atoms with Gasteiger partial charge in [-0.05, 0) is 6.42 Å². The summed E-state index contributed by atoms with van der Waals surface area (Å²) >= 11 is 0. The summed E-state index contributed by atoms with van der Waals surface area (Å²) in [5.41, 5.74) is 0. The molecule has 7 atom stereocenters. The van der Waals surface area contributed by atoms with Gasteiger partial charge in [0.1, 0.15) is 24.4 Å². The number of aliphatic hydroxyl groups excluding tert-OH is 5. The van der Waals surface area contributed by atoms with Crippen LogP contribution in [0.3, 0.4) is 0 Å². The Labute approximate surface area is 220 Å². The molecule has 1 heterocycles. The lowest BCUT2D eigenvalue weighted by molar-refractivity contribution is -0.310. The van der Waals surface area contributed by atoms with E-state index in [2.05, 4.69) is 6.92 Å². The molecule has 11 heteroatoms. The Balaban J connectivity index is 2.56. The topological polar surface area (TPSA) is 172 Å². The molecule has 11 nitrogen and oxygen atoms in total. The lowest BCUT2D eigenvalue weighted by atomic mass is 9.98. The Bertz CT molecular complexity index is 617. The molecule has 5 N–H and O–H groups in total. The Hall–Kier alpha value is -1.34. The van der Waals surface area contributed by atoms with E-state index in [1.54, 1.807) is 0 Å². The average Bonchev–Trinajstić information content (AvgIpc) is 2.87. The van der Waals surface area contributed by atoms with Crippen LogP contribution in [-0.2, 0) is 28.5 Å². The van der Waals surface area contributed by atoms with Crippen LogP contribution < -0.4 is 0 Å². The van der Waals surface area contributed by atoms with Gasteiger partial charge in [-0.15, -0.1) is 0 Å².